The second-order valence-electron chi connectivity index (χ2n) is 5.86. The maximum Gasteiger partial charge on any atom is 0.309 e. The van der Waals surface area contributed by atoms with Crippen LogP contribution in [0.25, 0.3) is 0 Å². The number of ketones is 1. The number of carboxylic acid groups (broad SMARTS) is 1. The van der Waals surface area contributed by atoms with Crippen molar-refractivity contribution in [2.24, 2.45) is 16.7 Å². The van der Waals surface area contributed by atoms with Crippen LogP contribution in [0.2, 0.25) is 0 Å². The third-order valence-corrected chi connectivity index (χ3v) is 4.95. The number of rotatable bonds is 1. The molecule has 3 nitrogen and oxygen atoms in total. The van der Waals surface area contributed by atoms with Gasteiger partial charge in [0.05, 0.1) is 5.41 Å². The molecule has 0 bridgehead atoms. The lowest BCUT2D eigenvalue weighted by Gasteiger charge is -2.51. The Balaban J connectivity index is 2.39. The van der Waals surface area contributed by atoms with Crippen LogP contribution in [0, 0.1) is 16.7 Å². The van der Waals surface area contributed by atoms with Gasteiger partial charge in [-0.3, -0.25) is 9.59 Å². The van der Waals surface area contributed by atoms with E-state index in [1.807, 2.05) is 13.8 Å². The predicted octanol–water partition coefficient (Wildman–Crippen LogP) is 2.64. The van der Waals surface area contributed by atoms with E-state index in [4.69, 9.17) is 0 Å². The molecule has 0 aromatic rings. The summed E-state index contributed by atoms with van der Waals surface area (Å²) in [7, 11) is 0. The van der Waals surface area contributed by atoms with E-state index in [1.54, 1.807) is 0 Å². The monoisotopic (exact) mass is 224 g/mol. The van der Waals surface area contributed by atoms with E-state index < -0.39 is 11.4 Å². The zero-order valence-corrected chi connectivity index (χ0v) is 10.1. The summed E-state index contributed by atoms with van der Waals surface area (Å²) in [6, 6.07) is 0. The number of carboxylic acids is 1. The molecule has 0 aliphatic heterocycles. The molecule has 2 saturated carbocycles. The first-order chi connectivity index (χ1) is 7.41. The second kappa shape index (κ2) is 3.57. The Labute approximate surface area is 96.2 Å². The molecule has 2 fully saturated rings. The Morgan fingerprint density at radius 2 is 2.00 bits per heavy atom. The minimum atomic E-state index is -0.724. The van der Waals surface area contributed by atoms with Gasteiger partial charge in [-0.1, -0.05) is 13.3 Å². The van der Waals surface area contributed by atoms with E-state index in [-0.39, 0.29) is 17.1 Å². The van der Waals surface area contributed by atoms with Crippen molar-refractivity contribution in [3.8, 4) is 0 Å². The highest BCUT2D eigenvalue weighted by Gasteiger charge is 2.56. The Morgan fingerprint density at radius 3 is 2.62 bits per heavy atom. The van der Waals surface area contributed by atoms with E-state index in [1.165, 1.54) is 0 Å². The molecule has 1 N–H and O–H groups in total. The van der Waals surface area contributed by atoms with Crippen molar-refractivity contribution in [1.29, 1.82) is 0 Å². The van der Waals surface area contributed by atoms with E-state index in [0.29, 0.717) is 6.42 Å². The van der Waals surface area contributed by atoms with Gasteiger partial charge in [0.2, 0.25) is 0 Å². The summed E-state index contributed by atoms with van der Waals surface area (Å²) in [5.41, 5.74) is -1.06. The van der Waals surface area contributed by atoms with Crippen LogP contribution in [0.4, 0.5) is 0 Å². The predicted molar refractivity (Wildman–Crippen MR) is 60.0 cm³/mol. The van der Waals surface area contributed by atoms with Gasteiger partial charge in [0, 0.05) is 11.8 Å². The first kappa shape index (κ1) is 11.6. The van der Waals surface area contributed by atoms with Crippen molar-refractivity contribution in [2.45, 2.75) is 52.4 Å². The van der Waals surface area contributed by atoms with E-state index in [9.17, 15) is 14.7 Å². The Bertz CT molecular complexity index is 326. The van der Waals surface area contributed by atoms with Crippen molar-refractivity contribution in [2.75, 3.05) is 0 Å². The van der Waals surface area contributed by atoms with Crippen LogP contribution >= 0.6 is 0 Å². The summed E-state index contributed by atoms with van der Waals surface area (Å²) in [5.74, 6) is -0.401. The molecule has 0 heterocycles. The number of carbonyl (C=O) groups excluding carboxylic acids is 1. The molecular formula is C13H20O3. The van der Waals surface area contributed by atoms with Gasteiger partial charge < -0.3 is 5.11 Å². The summed E-state index contributed by atoms with van der Waals surface area (Å²) >= 11 is 0. The lowest BCUT2D eigenvalue weighted by Crippen LogP contribution is -2.53. The minimum absolute atomic E-state index is 0.0347. The first-order valence-corrected chi connectivity index (χ1v) is 6.18. The summed E-state index contributed by atoms with van der Waals surface area (Å²) in [6.45, 7) is 3.82. The van der Waals surface area contributed by atoms with Crippen LogP contribution in [0.5, 0.6) is 0 Å². The molecule has 2 aliphatic carbocycles. The molecule has 3 atom stereocenters. The number of fused-ring (bicyclic) bond motifs is 1. The van der Waals surface area contributed by atoms with E-state index in [2.05, 4.69) is 0 Å². The maximum absolute atomic E-state index is 12.1. The Kier molecular flexibility index (Phi) is 2.59. The summed E-state index contributed by atoms with van der Waals surface area (Å²) in [6.07, 6.45) is 4.85. The number of hydrogen-bond acceptors (Lipinski definition) is 2. The van der Waals surface area contributed by atoms with Gasteiger partial charge in [0.1, 0.15) is 5.78 Å². The van der Waals surface area contributed by atoms with Gasteiger partial charge >= 0.3 is 5.97 Å². The fourth-order valence-electron chi connectivity index (χ4n) is 3.85. The molecule has 0 saturated heterocycles. The maximum atomic E-state index is 12.1. The van der Waals surface area contributed by atoms with E-state index >= 15 is 0 Å². The average molecular weight is 224 g/mol. The van der Waals surface area contributed by atoms with E-state index in [0.717, 1.165) is 32.1 Å². The molecule has 0 radical (unpaired) electrons. The average Bonchev–Trinajstić information content (AvgIpc) is 2.21. The molecule has 2 rings (SSSR count). The smallest absolute Gasteiger partial charge is 0.309 e. The molecule has 0 aromatic heterocycles. The largest absolute Gasteiger partial charge is 0.481 e. The minimum Gasteiger partial charge on any atom is -0.481 e. The van der Waals surface area contributed by atoms with Gasteiger partial charge in [-0.15, -0.1) is 0 Å². The zero-order chi connectivity index (χ0) is 12.0. The van der Waals surface area contributed by atoms with Crippen molar-refractivity contribution >= 4 is 11.8 Å². The molecule has 0 amide bonds. The summed E-state index contributed by atoms with van der Waals surface area (Å²) in [5, 5.41) is 9.43. The topological polar surface area (TPSA) is 54.4 Å². The lowest BCUT2D eigenvalue weighted by atomic mass is 9.51. The molecule has 0 aromatic carbocycles. The highest BCUT2D eigenvalue weighted by atomic mass is 16.4. The standard InChI is InChI=1S/C13H20O3/c1-12-7-4-8-13(2,11(15)16)9(12)5-3-6-10(12)14/h9H,3-8H2,1-2H3,(H,15,16). The van der Waals surface area contributed by atoms with Crippen molar-refractivity contribution < 1.29 is 14.7 Å². The van der Waals surface area contributed by atoms with Gasteiger partial charge in [-0.05, 0) is 38.5 Å². The molecule has 0 spiro atoms. The van der Waals surface area contributed by atoms with Crippen molar-refractivity contribution in [1.82, 2.24) is 0 Å². The second-order valence-corrected chi connectivity index (χ2v) is 5.86. The normalized spacial score (nSPS) is 43.9. The molecule has 90 valence electrons. The zero-order valence-electron chi connectivity index (χ0n) is 10.1. The number of aliphatic carboxylic acids is 1. The molecule has 3 unspecified atom stereocenters. The van der Waals surface area contributed by atoms with Crippen LogP contribution in [-0.4, -0.2) is 16.9 Å². The third kappa shape index (κ3) is 1.40. The quantitative estimate of drug-likeness (QED) is 0.745. The molecule has 3 heteroatoms. The molecular weight excluding hydrogens is 204 g/mol. The van der Waals surface area contributed by atoms with Crippen LogP contribution in [0.15, 0.2) is 0 Å². The van der Waals surface area contributed by atoms with Gasteiger partial charge in [-0.25, -0.2) is 0 Å². The highest BCUT2D eigenvalue weighted by molar-refractivity contribution is 5.87. The van der Waals surface area contributed by atoms with Gasteiger partial charge in [0.15, 0.2) is 0 Å². The molecule has 2 aliphatic rings. The van der Waals surface area contributed by atoms with Crippen molar-refractivity contribution in [3.63, 3.8) is 0 Å². The van der Waals surface area contributed by atoms with Crippen LogP contribution in [0.3, 0.4) is 0 Å². The fourth-order valence-corrected chi connectivity index (χ4v) is 3.85. The number of hydrogen-bond donors (Lipinski definition) is 1. The highest BCUT2D eigenvalue weighted by Crippen LogP contribution is 2.56. The van der Waals surface area contributed by atoms with Crippen LogP contribution in [-0.2, 0) is 9.59 Å². The van der Waals surface area contributed by atoms with Gasteiger partial charge in [0.25, 0.3) is 0 Å². The van der Waals surface area contributed by atoms with Crippen molar-refractivity contribution in [3.05, 3.63) is 0 Å². The number of Topliss-reactive ketones (excluding diaryl/α,β-unsaturated/α-hetero) is 1. The Hall–Kier alpha value is -0.860. The number of carbonyl (C=O) groups is 2. The fraction of sp³-hybridized carbons (Fsp3) is 0.846. The lowest BCUT2D eigenvalue weighted by molar-refractivity contribution is -0.165. The summed E-state index contributed by atoms with van der Waals surface area (Å²) in [4.78, 5) is 23.5. The Morgan fingerprint density at radius 1 is 1.31 bits per heavy atom. The molecule has 16 heavy (non-hydrogen) atoms. The van der Waals surface area contributed by atoms with Gasteiger partial charge in [-0.2, -0.15) is 0 Å². The van der Waals surface area contributed by atoms with Crippen LogP contribution < -0.4 is 0 Å². The summed E-state index contributed by atoms with van der Waals surface area (Å²) < 4.78 is 0. The third-order valence-electron chi connectivity index (χ3n) is 4.95. The van der Waals surface area contributed by atoms with Crippen LogP contribution in [0.1, 0.15) is 52.4 Å². The first-order valence-electron chi connectivity index (χ1n) is 6.18. The SMILES string of the molecule is CC1(C(=O)O)CCCC2(C)C(=O)CCCC12.